The van der Waals surface area contributed by atoms with Crippen LogP contribution in [0.2, 0.25) is 0 Å². The lowest BCUT2D eigenvalue weighted by molar-refractivity contribution is 0.0574. The highest BCUT2D eigenvalue weighted by Crippen LogP contribution is 2.26. The molecule has 0 amide bonds. The monoisotopic (exact) mass is 275 g/mol. The van der Waals surface area contributed by atoms with E-state index in [9.17, 15) is 0 Å². The molecule has 1 aliphatic carbocycles. The summed E-state index contributed by atoms with van der Waals surface area (Å²) < 4.78 is 5.86. The van der Waals surface area contributed by atoms with Crippen LogP contribution in [0.1, 0.15) is 64.0 Å². The van der Waals surface area contributed by atoms with Gasteiger partial charge in [-0.25, -0.2) is 0 Å². The molecule has 20 heavy (non-hydrogen) atoms. The van der Waals surface area contributed by atoms with Crippen molar-refractivity contribution in [3.8, 4) is 0 Å². The first-order valence-electron chi connectivity index (χ1n) is 7.85. The van der Waals surface area contributed by atoms with Gasteiger partial charge in [0.15, 0.2) is 0 Å². The van der Waals surface area contributed by atoms with Crippen molar-refractivity contribution >= 4 is 0 Å². The molecule has 0 aliphatic heterocycles. The van der Waals surface area contributed by atoms with Gasteiger partial charge in [0, 0.05) is 5.54 Å². The summed E-state index contributed by atoms with van der Waals surface area (Å²) in [7, 11) is 0. The lowest BCUT2D eigenvalue weighted by atomic mass is 9.83. The van der Waals surface area contributed by atoms with Crippen molar-refractivity contribution < 1.29 is 4.74 Å². The lowest BCUT2D eigenvalue weighted by Gasteiger charge is -2.33. The van der Waals surface area contributed by atoms with Gasteiger partial charge in [0.05, 0.1) is 13.2 Å². The van der Waals surface area contributed by atoms with Crippen LogP contribution in [-0.4, -0.2) is 12.1 Å². The number of rotatable bonds is 4. The highest BCUT2D eigenvalue weighted by molar-refractivity contribution is 5.27. The molecule has 112 valence electrons. The molecule has 1 saturated carbocycles. The zero-order valence-corrected chi connectivity index (χ0v) is 13.2. The Morgan fingerprint density at radius 1 is 1.05 bits per heavy atom. The zero-order chi connectivity index (χ0) is 14.6. The molecule has 2 N–H and O–H groups in total. The minimum absolute atomic E-state index is 0.0798. The first kappa shape index (κ1) is 15.5. The SMILES string of the molecule is CC(C)(C)c1ccc(COCC2(N)CCCCC2)cc1. The van der Waals surface area contributed by atoms with E-state index in [0.29, 0.717) is 13.2 Å². The van der Waals surface area contributed by atoms with Crippen LogP contribution in [0.5, 0.6) is 0 Å². The van der Waals surface area contributed by atoms with Crippen LogP contribution in [0.3, 0.4) is 0 Å². The molecule has 0 atom stereocenters. The van der Waals surface area contributed by atoms with E-state index in [2.05, 4.69) is 45.0 Å². The van der Waals surface area contributed by atoms with Crippen molar-refractivity contribution in [2.75, 3.05) is 6.61 Å². The van der Waals surface area contributed by atoms with Gasteiger partial charge in [-0.3, -0.25) is 0 Å². The van der Waals surface area contributed by atoms with Crippen molar-refractivity contribution in [2.45, 2.75) is 70.4 Å². The number of hydrogen-bond donors (Lipinski definition) is 1. The van der Waals surface area contributed by atoms with Crippen LogP contribution >= 0.6 is 0 Å². The molecular weight excluding hydrogens is 246 g/mol. The molecule has 2 heteroatoms. The molecule has 1 fully saturated rings. The maximum absolute atomic E-state index is 6.38. The van der Waals surface area contributed by atoms with E-state index in [0.717, 1.165) is 12.8 Å². The van der Waals surface area contributed by atoms with Gasteiger partial charge in [-0.05, 0) is 29.4 Å². The molecule has 1 aliphatic rings. The summed E-state index contributed by atoms with van der Waals surface area (Å²) >= 11 is 0. The molecule has 0 spiro atoms. The van der Waals surface area contributed by atoms with Crippen molar-refractivity contribution in [3.05, 3.63) is 35.4 Å². The third-order valence-corrected chi connectivity index (χ3v) is 4.33. The van der Waals surface area contributed by atoms with Crippen LogP contribution < -0.4 is 5.73 Å². The summed E-state index contributed by atoms with van der Waals surface area (Å²) in [5.74, 6) is 0. The smallest absolute Gasteiger partial charge is 0.0717 e. The Morgan fingerprint density at radius 2 is 1.65 bits per heavy atom. The Labute approximate surface area is 123 Å². The van der Waals surface area contributed by atoms with Gasteiger partial charge in [0.25, 0.3) is 0 Å². The van der Waals surface area contributed by atoms with Gasteiger partial charge in [0.1, 0.15) is 0 Å². The average molecular weight is 275 g/mol. The normalized spacial score (nSPS) is 19.0. The van der Waals surface area contributed by atoms with E-state index in [-0.39, 0.29) is 11.0 Å². The minimum Gasteiger partial charge on any atom is -0.375 e. The van der Waals surface area contributed by atoms with Crippen LogP contribution in [0, 0.1) is 0 Å². The topological polar surface area (TPSA) is 35.2 Å². The Kier molecular flexibility index (Phi) is 4.87. The Morgan fingerprint density at radius 3 is 2.20 bits per heavy atom. The fourth-order valence-electron chi connectivity index (χ4n) is 2.87. The molecule has 0 unspecified atom stereocenters. The molecule has 2 rings (SSSR count). The maximum Gasteiger partial charge on any atom is 0.0717 e. The summed E-state index contributed by atoms with van der Waals surface area (Å²) in [5, 5.41) is 0. The second-order valence-electron chi connectivity index (χ2n) is 7.36. The number of hydrogen-bond acceptors (Lipinski definition) is 2. The van der Waals surface area contributed by atoms with E-state index in [4.69, 9.17) is 10.5 Å². The van der Waals surface area contributed by atoms with Crippen molar-refractivity contribution in [1.82, 2.24) is 0 Å². The maximum atomic E-state index is 6.38. The van der Waals surface area contributed by atoms with Crippen LogP contribution in [0.15, 0.2) is 24.3 Å². The molecule has 1 aromatic carbocycles. The Hall–Kier alpha value is -0.860. The number of ether oxygens (including phenoxy) is 1. The average Bonchev–Trinajstić information content (AvgIpc) is 2.39. The van der Waals surface area contributed by atoms with Gasteiger partial charge >= 0.3 is 0 Å². The second kappa shape index (κ2) is 6.28. The first-order valence-corrected chi connectivity index (χ1v) is 7.85. The largest absolute Gasteiger partial charge is 0.375 e. The lowest BCUT2D eigenvalue weighted by Crippen LogP contribution is -2.46. The highest BCUT2D eigenvalue weighted by atomic mass is 16.5. The van der Waals surface area contributed by atoms with Crippen LogP contribution in [-0.2, 0) is 16.8 Å². The predicted molar refractivity (Wildman–Crippen MR) is 84.8 cm³/mol. The van der Waals surface area contributed by atoms with E-state index in [1.807, 2.05) is 0 Å². The molecule has 0 heterocycles. The van der Waals surface area contributed by atoms with Crippen molar-refractivity contribution in [3.63, 3.8) is 0 Å². The second-order valence-corrected chi connectivity index (χ2v) is 7.36. The summed E-state index contributed by atoms with van der Waals surface area (Å²) in [5.41, 5.74) is 9.11. The molecule has 0 bridgehead atoms. The quantitative estimate of drug-likeness (QED) is 0.895. The Balaban J connectivity index is 1.82. The summed E-state index contributed by atoms with van der Waals surface area (Å²) in [6.45, 7) is 8.07. The van der Waals surface area contributed by atoms with Crippen molar-refractivity contribution in [1.29, 1.82) is 0 Å². The van der Waals surface area contributed by atoms with Gasteiger partial charge < -0.3 is 10.5 Å². The molecule has 1 aromatic rings. The van der Waals surface area contributed by atoms with Gasteiger partial charge in [-0.15, -0.1) is 0 Å². The van der Waals surface area contributed by atoms with E-state index >= 15 is 0 Å². The van der Waals surface area contributed by atoms with Crippen LogP contribution in [0.4, 0.5) is 0 Å². The zero-order valence-electron chi connectivity index (χ0n) is 13.2. The van der Waals surface area contributed by atoms with E-state index < -0.39 is 0 Å². The molecule has 0 saturated heterocycles. The number of benzene rings is 1. The molecular formula is C18H29NO. The fraction of sp³-hybridized carbons (Fsp3) is 0.667. The summed E-state index contributed by atoms with van der Waals surface area (Å²) in [4.78, 5) is 0. The summed E-state index contributed by atoms with van der Waals surface area (Å²) in [6.07, 6.45) is 6.04. The molecule has 0 aromatic heterocycles. The fourth-order valence-corrected chi connectivity index (χ4v) is 2.87. The third-order valence-electron chi connectivity index (χ3n) is 4.33. The van der Waals surface area contributed by atoms with E-state index in [1.54, 1.807) is 0 Å². The van der Waals surface area contributed by atoms with Gasteiger partial charge in [-0.2, -0.15) is 0 Å². The Bertz CT molecular complexity index is 410. The van der Waals surface area contributed by atoms with Crippen LogP contribution in [0.25, 0.3) is 0 Å². The highest BCUT2D eigenvalue weighted by Gasteiger charge is 2.27. The number of nitrogens with two attached hydrogens (primary N) is 1. The molecule has 0 radical (unpaired) electrons. The van der Waals surface area contributed by atoms with Gasteiger partial charge in [0.2, 0.25) is 0 Å². The minimum atomic E-state index is -0.0798. The first-order chi connectivity index (χ1) is 9.39. The standard InChI is InChI=1S/C18H29NO/c1-17(2,3)16-9-7-15(8-10-16)13-20-14-18(19)11-5-4-6-12-18/h7-10H,4-6,11-14,19H2,1-3H3. The summed E-state index contributed by atoms with van der Waals surface area (Å²) in [6, 6.07) is 8.75. The van der Waals surface area contributed by atoms with E-state index in [1.165, 1.54) is 30.4 Å². The van der Waals surface area contributed by atoms with Gasteiger partial charge in [-0.1, -0.05) is 64.3 Å². The molecule has 2 nitrogen and oxygen atoms in total. The predicted octanol–water partition coefficient (Wildman–Crippen LogP) is 4.16. The third kappa shape index (κ3) is 4.32. The van der Waals surface area contributed by atoms with Crippen molar-refractivity contribution in [2.24, 2.45) is 5.73 Å².